The van der Waals surface area contributed by atoms with E-state index in [1.54, 1.807) is 6.20 Å². The van der Waals surface area contributed by atoms with Gasteiger partial charge in [-0.25, -0.2) is 9.97 Å². The molecule has 1 amide bonds. The molecule has 2 saturated heterocycles. The molecule has 2 aliphatic heterocycles. The van der Waals surface area contributed by atoms with Crippen LogP contribution in [0.15, 0.2) is 36.9 Å². The minimum Gasteiger partial charge on any atom is -0.343 e. The van der Waals surface area contributed by atoms with Gasteiger partial charge in [-0.05, 0) is 30.5 Å². The second kappa shape index (κ2) is 6.64. The summed E-state index contributed by atoms with van der Waals surface area (Å²) < 4.78 is 0. The van der Waals surface area contributed by atoms with Crippen LogP contribution >= 0.6 is 0 Å². The summed E-state index contributed by atoms with van der Waals surface area (Å²) in [6.45, 7) is 5.73. The summed E-state index contributed by atoms with van der Waals surface area (Å²) in [5.74, 6) is 0.900. The Balaban J connectivity index is 1.61. The Morgan fingerprint density at radius 1 is 1.15 bits per heavy atom. The molecule has 7 nitrogen and oxygen atoms in total. The quantitative estimate of drug-likeness (QED) is 0.824. The summed E-state index contributed by atoms with van der Waals surface area (Å²) in [7, 11) is 1.90. The van der Waals surface area contributed by atoms with Crippen LogP contribution in [0.25, 0.3) is 0 Å². The average Bonchev–Trinajstić information content (AvgIpc) is 3.10. The smallest absolute Gasteiger partial charge is 0.244 e. The Hall–Kier alpha value is -2.54. The number of anilines is 1. The highest BCUT2D eigenvalue weighted by atomic mass is 16.2. The van der Waals surface area contributed by atoms with E-state index in [1.165, 1.54) is 0 Å². The highest BCUT2D eigenvalue weighted by Gasteiger charge is 2.52. The largest absolute Gasteiger partial charge is 0.343 e. The lowest BCUT2D eigenvalue weighted by Crippen LogP contribution is -2.65. The third kappa shape index (κ3) is 2.92. The molecule has 4 rings (SSSR count). The van der Waals surface area contributed by atoms with Crippen molar-refractivity contribution in [1.29, 1.82) is 0 Å². The molecule has 0 aromatic carbocycles. The summed E-state index contributed by atoms with van der Waals surface area (Å²) >= 11 is 0. The van der Waals surface area contributed by atoms with E-state index in [0.717, 1.165) is 43.7 Å². The van der Waals surface area contributed by atoms with Gasteiger partial charge in [0.05, 0.1) is 0 Å². The molecule has 0 aliphatic carbocycles. The fourth-order valence-corrected chi connectivity index (χ4v) is 3.97. The summed E-state index contributed by atoms with van der Waals surface area (Å²) in [4.78, 5) is 32.6. The average molecular weight is 352 g/mol. The van der Waals surface area contributed by atoms with Crippen molar-refractivity contribution in [1.82, 2.24) is 24.8 Å². The van der Waals surface area contributed by atoms with Gasteiger partial charge in [-0.1, -0.05) is 6.07 Å². The Bertz CT molecular complexity index is 780. The molecule has 0 saturated carbocycles. The zero-order chi connectivity index (χ0) is 18.1. The van der Waals surface area contributed by atoms with E-state index in [2.05, 4.69) is 30.8 Å². The highest BCUT2D eigenvalue weighted by molar-refractivity contribution is 5.88. The van der Waals surface area contributed by atoms with Crippen molar-refractivity contribution in [3.63, 3.8) is 0 Å². The molecule has 1 atom stereocenters. The van der Waals surface area contributed by atoms with E-state index in [-0.39, 0.29) is 5.91 Å². The minimum atomic E-state index is -0.517. The van der Waals surface area contributed by atoms with Crippen molar-refractivity contribution in [3.8, 4) is 0 Å². The van der Waals surface area contributed by atoms with Crippen LogP contribution in [-0.4, -0.2) is 69.4 Å². The molecule has 1 spiro atoms. The number of aromatic nitrogens is 3. The van der Waals surface area contributed by atoms with Crippen molar-refractivity contribution in [2.45, 2.75) is 25.4 Å². The molecule has 0 radical (unpaired) electrons. The number of carbonyl (C=O) groups is 1. The molecule has 1 unspecified atom stereocenters. The maximum absolute atomic E-state index is 13.2. The molecular weight excluding hydrogens is 328 g/mol. The second-order valence-electron chi connectivity index (χ2n) is 7.27. The van der Waals surface area contributed by atoms with Gasteiger partial charge in [-0.15, -0.1) is 0 Å². The number of rotatable bonds is 3. The van der Waals surface area contributed by atoms with Crippen LogP contribution in [0.2, 0.25) is 0 Å². The molecule has 7 heteroatoms. The Labute approximate surface area is 153 Å². The first kappa shape index (κ1) is 16.9. The fourth-order valence-electron chi connectivity index (χ4n) is 3.97. The van der Waals surface area contributed by atoms with Gasteiger partial charge in [0.2, 0.25) is 11.9 Å². The normalized spacial score (nSPS) is 23.8. The maximum Gasteiger partial charge on any atom is 0.244 e. The Morgan fingerprint density at radius 2 is 1.96 bits per heavy atom. The zero-order valence-corrected chi connectivity index (χ0v) is 15.3. The van der Waals surface area contributed by atoms with Gasteiger partial charge in [-0.3, -0.25) is 14.7 Å². The molecule has 2 aliphatic rings. The van der Waals surface area contributed by atoms with E-state index < -0.39 is 5.54 Å². The van der Waals surface area contributed by atoms with Gasteiger partial charge >= 0.3 is 0 Å². The number of amides is 1. The van der Waals surface area contributed by atoms with E-state index in [1.807, 2.05) is 43.5 Å². The van der Waals surface area contributed by atoms with Gasteiger partial charge in [0.25, 0.3) is 0 Å². The van der Waals surface area contributed by atoms with Gasteiger partial charge in [0.1, 0.15) is 5.54 Å². The molecule has 4 heterocycles. The number of hydrogen-bond donors (Lipinski definition) is 0. The summed E-state index contributed by atoms with van der Waals surface area (Å²) in [5.41, 5.74) is 1.65. The topological polar surface area (TPSA) is 65.5 Å². The first-order valence-electron chi connectivity index (χ1n) is 9.02. The van der Waals surface area contributed by atoms with E-state index in [9.17, 15) is 4.79 Å². The van der Waals surface area contributed by atoms with Crippen LogP contribution in [0.1, 0.15) is 17.5 Å². The number of hydrogen-bond acceptors (Lipinski definition) is 6. The molecule has 2 aromatic rings. The van der Waals surface area contributed by atoms with Crippen molar-refractivity contribution < 1.29 is 4.79 Å². The van der Waals surface area contributed by atoms with Gasteiger partial charge in [0, 0.05) is 64.6 Å². The van der Waals surface area contributed by atoms with Crippen LogP contribution in [0.5, 0.6) is 0 Å². The molecule has 26 heavy (non-hydrogen) atoms. The number of piperazine rings is 1. The van der Waals surface area contributed by atoms with Crippen LogP contribution in [0.3, 0.4) is 0 Å². The molecule has 2 fully saturated rings. The van der Waals surface area contributed by atoms with Crippen LogP contribution in [-0.2, 0) is 11.3 Å². The Kier molecular flexibility index (Phi) is 4.32. The van der Waals surface area contributed by atoms with Crippen molar-refractivity contribution in [2.24, 2.45) is 0 Å². The molecule has 0 bridgehead atoms. The number of aryl methyl sites for hydroxylation is 1. The first-order chi connectivity index (χ1) is 12.6. The van der Waals surface area contributed by atoms with E-state index in [4.69, 9.17) is 0 Å². The lowest BCUT2D eigenvalue weighted by atomic mass is 9.91. The third-order valence-electron chi connectivity index (χ3n) is 5.45. The van der Waals surface area contributed by atoms with Crippen molar-refractivity contribution >= 4 is 11.9 Å². The van der Waals surface area contributed by atoms with E-state index >= 15 is 0 Å². The SMILES string of the molecule is Cc1cnc(N2CCC3(C2)C(=O)N(C)CCN3Cc2cccnc2)nc1. The predicted octanol–water partition coefficient (Wildman–Crippen LogP) is 1.10. The highest BCUT2D eigenvalue weighted by Crippen LogP contribution is 2.35. The van der Waals surface area contributed by atoms with Gasteiger partial charge < -0.3 is 9.80 Å². The number of pyridine rings is 1. The lowest BCUT2D eigenvalue weighted by molar-refractivity contribution is -0.148. The fraction of sp³-hybridized carbons (Fsp3) is 0.474. The molecule has 136 valence electrons. The molecule has 2 aromatic heterocycles. The third-order valence-corrected chi connectivity index (χ3v) is 5.45. The zero-order valence-electron chi connectivity index (χ0n) is 15.3. The Morgan fingerprint density at radius 3 is 2.69 bits per heavy atom. The van der Waals surface area contributed by atoms with Crippen LogP contribution in [0, 0.1) is 6.92 Å². The molecular formula is C19H24N6O. The number of carbonyl (C=O) groups excluding carboxylic acids is 1. The first-order valence-corrected chi connectivity index (χ1v) is 9.02. The number of nitrogens with zero attached hydrogens (tertiary/aromatic N) is 6. The van der Waals surface area contributed by atoms with E-state index in [0.29, 0.717) is 12.5 Å². The second-order valence-corrected chi connectivity index (χ2v) is 7.27. The summed E-state index contributed by atoms with van der Waals surface area (Å²) in [5, 5.41) is 0. The van der Waals surface area contributed by atoms with Gasteiger partial charge in [-0.2, -0.15) is 0 Å². The monoisotopic (exact) mass is 352 g/mol. The minimum absolute atomic E-state index is 0.197. The molecule has 0 N–H and O–H groups in total. The van der Waals surface area contributed by atoms with Crippen LogP contribution in [0.4, 0.5) is 5.95 Å². The summed E-state index contributed by atoms with van der Waals surface area (Å²) in [6, 6.07) is 4.01. The summed E-state index contributed by atoms with van der Waals surface area (Å²) in [6.07, 6.45) is 8.10. The number of likely N-dealkylation sites (N-methyl/N-ethyl adjacent to an activating group) is 1. The standard InChI is InChI=1S/C19H24N6O/c1-15-10-21-18(22-11-15)24-7-5-19(14-24)17(26)23(2)8-9-25(19)13-16-4-3-6-20-12-16/h3-4,6,10-12H,5,7-9,13-14H2,1-2H3. The lowest BCUT2D eigenvalue weighted by Gasteiger charge is -2.46. The van der Waals surface area contributed by atoms with Crippen molar-refractivity contribution in [2.75, 3.05) is 38.1 Å². The van der Waals surface area contributed by atoms with Crippen molar-refractivity contribution in [3.05, 3.63) is 48.0 Å². The predicted molar refractivity (Wildman–Crippen MR) is 98.6 cm³/mol. The van der Waals surface area contributed by atoms with Gasteiger partial charge in [0.15, 0.2) is 0 Å². The van der Waals surface area contributed by atoms with Crippen LogP contribution < -0.4 is 4.90 Å². The maximum atomic E-state index is 13.2.